The Balaban J connectivity index is 1.95. The molecule has 2 fully saturated rings. The third-order valence-electron chi connectivity index (χ3n) is 5.11. The molecule has 0 aromatic heterocycles. The molecule has 0 amide bonds. The first-order valence-corrected chi connectivity index (χ1v) is 7.29. The van der Waals surface area contributed by atoms with E-state index in [2.05, 4.69) is 17.1 Å². The minimum Gasteiger partial charge on any atom is -0.311 e. The summed E-state index contributed by atoms with van der Waals surface area (Å²) in [6.07, 6.45) is -0.267. The Morgan fingerprint density at radius 2 is 2.09 bits per heavy atom. The van der Waals surface area contributed by atoms with E-state index in [0.29, 0.717) is 0 Å². The number of hydrogen-bond acceptors (Lipinski definition) is 5. The van der Waals surface area contributed by atoms with E-state index < -0.39 is 28.5 Å². The van der Waals surface area contributed by atoms with E-state index in [-0.39, 0.29) is 24.1 Å². The average molecular weight is 313 g/mol. The van der Waals surface area contributed by atoms with Gasteiger partial charge in [0.2, 0.25) is 0 Å². The molecule has 3 aliphatic rings. The Morgan fingerprint density at radius 1 is 1.35 bits per heavy atom. The van der Waals surface area contributed by atoms with E-state index in [0.717, 1.165) is 0 Å². The lowest BCUT2D eigenvalue weighted by Gasteiger charge is -2.24. The van der Waals surface area contributed by atoms with Crippen LogP contribution in [0.5, 0.6) is 0 Å². The summed E-state index contributed by atoms with van der Waals surface area (Å²) in [5.74, 6) is -2.67. The Labute approximate surface area is 131 Å². The van der Waals surface area contributed by atoms with Gasteiger partial charge in [-0.1, -0.05) is 18.2 Å². The van der Waals surface area contributed by atoms with Crippen LogP contribution in [0, 0.1) is 39.3 Å². The molecular formula is C16H14FN4O2+. The van der Waals surface area contributed by atoms with Gasteiger partial charge in [-0.15, -0.1) is 0 Å². The van der Waals surface area contributed by atoms with Crippen LogP contribution in [-0.4, -0.2) is 24.5 Å². The van der Waals surface area contributed by atoms with Crippen LogP contribution >= 0.6 is 0 Å². The van der Waals surface area contributed by atoms with Crippen molar-refractivity contribution in [2.75, 3.05) is 6.61 Å². The van der Waals surface area contributed by atoms with Crippen LogP contribution in [0.3, 0.4) is 0 Å². The first kappa shape index (κ1) is 14.1. The molecule has 0 bridgehead atoms. The SMILES string of the molecule is C[C@@H]1CO[C@@]2([NH+]=C(N)[C@@]3(C#N)[C@@H](c4ccccc4F)[C@@]23C#N)O1. The van der Waals surface area contributed by atoms with Gasteiger partial charge in [-0.3, -0.25) is 5.73 Å². The van der Waals surface area contributed by atoms with Crippen molar-refractivity contribution in [3.63, 3.8) is 0 Å². The number of nitrogens with two attached hydrogens (primary N) is 1. The molecule has 5 atom stereocenters. The third-order valence-corrected chi connectivity index (χ3v) is 5.11. The largest absolute Gasteiger partial charge is 0.343 e. The molecule has 23 heavy (non-hydrogen) atoms. The summed E-state index contributed by atoms with van der Waals surface area (Å²) in [5.41, 5.74) is 3.52. The van der Waals surface area contributed by atoms with E-state index >= 15 is 0 Å². The van der Waals surface area contributed by atoms with E-state index in [9.17, 15) is 14.9 Å². The lowest BCUT2D eigenvalue weighted by Crippen LogP contribution is -2.90. The molecule has 1 saturated heterocycles. The number of nitrogens with zero attached hydrogens (tertiary/aromatic N) is 2. The lowest BCUT2D eigenvalue weighted by molar-refractivity contribution is -0.677. The maximum Gasteiger partial charge on any atom is 0.343 e. The zero-order chi connectivity index (χ0) is 16.5. The maximum absolute atomic E-state index is 14.3. The first-order chi connectivity index (χ1) is 11.0. The molecule has 2 aliphatic heterocycles. The molecule has 1 aliphatic carbocycles. The number of nitrogens with one attached hydrogen (secondary N) is 1. The van der Waals surface area contributed by atoms with Crippen LogP contribution in [0.15, 0.2) is 24.3 Å². The summed E-state index contributed by atoms with van der Waals surface area (Å²) in [5, 5.41) is 19.7. The van der Waals surface area contributed by atoms with Gasteiger partial charge < -0.3 is 9.47 Å². The van der Waals surface area contributed by atoms with Gasteiger partial charge in [-0.25, -0.2) is 9.38 Å². The number of ether oxygens (including phenoxy) is 2. The maximum atomic E-state index is 14.3. The van der Waals surface area contributed by atoms with Crippen molar-refractivity contribution in [2.45, 2.75) is 24.9 Å². The minimum atomic E-state index is -1.52. The van der Waals surface area contributed by atoms with Crippen molar-refractivity contribution in [1.82, 2.24) is 0 Å². The summed E-state index contributed by atoms with van der Waals surface area (Å²) in [6.45, 7) is 2.06. The van der Waals surface area contributed by atoms with Gasteiger partial charge in [0.1, 0.15) is 5.82 Å². The molecule has 1 saturated carbocycles. The molecule has 0 unspecified atom stereocenters. The third kappa shape index (κ3) is 1.28. The lowest BCUT2D eigenvalue weighted by atomic mass is 9.94. The summed E-state index contributed by atoms with van der Waals surface area (Å²) in [6, 6.07) is 10.4. The van der Waals surface area contributed by atoms with Crippen LogP contribution in [-0.2, 0) is 9.47 Å². The molecule has 6 nitrogen and oxygen atoms in total. The number of benzene rings is 1. The van der Waals surface area contributed by atoms with E-state index in [4.69, 9.17) is 15.2 Å². The number of fused-ring (bicyclic) bond motifs is 2. The number of halogens is 1. The molecule has 0 radical (unpaired) electrons. The highest BCUT2D eigenvalue weighted by molar-refractivity contribution is 5.95. The van der Waals surface area contributed by atoms with Crippen molar-refractivity contribution < 1.29 is 18.9 Å². The fourth-order valence-electron chi connectivity index (χ4n) is 4.14. The van der Waals surface area contributed by atoms with Gasteiger partial charge in [0, 0.05) is 5.92 Å². The van der Waals surface area contributed by atoms with Gasteiger partial charge >= 0.3 is 5.91 Å². The van der Waals surface area contributed by atoms with Crippen molar-refractivity contribution in [3.8, 4) is 12.1 Å². The Hall–Kier alpha value is -2.48. The average Bonchev–Trinajstić information content (AvgIpc) is 2.91. The molecule has 3 N–H and O–H groups in total. The van der Waals surface area contributed by atoms with Crippen LogP contribution in [0.25, 0.3) is 0 Å². The van der Waals surface area contributed by atoms with Gasteiger partial charge in [-0.05, 0) is 18.6 Å². The number of rotatable bonds is 1. The normalized spacial score (nSPS) is 43.6. The Bertz CT molecular complexity index is 828. The number of hydrogen-bond donors (Lipinski definition) is 2. The van der Waals surface area contributed by atoms with E-state index in [1.54, 1.807) is 25.1 Å². The molecule has 7 heteroatoms. The molecular weight excluding hydrogens is 299 g/mol. The topological polar surface area (TPSA) is 106 Å². The van der Waals surface area contributed by atoms with Crippen LogP contribution in [0.1, 0.15) is 18.4 Å². The second-order valence-electron chi connectivity index (χ2n) is 6.19. The molecule has 2 heterocycles. The molecule has 1 aromatic carbocycles. The summed E-state index contributed by atoms with van der Waals surface area (Å²) >= 11 is 0. The summed E-state index contributed by atoms with van der Waals surface area (Å²) in [7, 11) is 0. The smallest absolute Gasteiger partial charge is 0.311 e. The van der Waals surface area contributed by atoms with Crippen molar-refractivity contribution >= 4 is 5.84 Å². The second-order valence-corrected chi connectivity index (χ2v) is 6.19. The van der Waals surface area contributed by atoms with Gasteiger partial charge in [0.15, 0.2) is 10.8 Å². The predicted molar refractivity (Wildman–Crippen MR) is 74.6 cm³/mol. The van der Waals surface area contributed by atoms with Crippen LogP contribution in [0.4, 0.5) is 4.39 Å². The van der Waals surface area contributed by atoms with Crippen molar-refractivity contribution in [3.05, 3.63) is 35.6 Å². The fourth-order valence-corrected chi connectivity index (χ4v) is 4.14. The van der Waals surface area contributed by atoms with Gasteiger partial charge in [-0.2, -0.15) is 10.5 Å². The van der Waals surface area contributed by atoms with Crippen LogP contribution < -0.4 is 10.7 Å². The van der Waals surface area contributed by atoms with Crippen LogP contribution in [0.2, 0.25) is 0 Å². The van der Waals surface area contributed by atoms with E-state index in [1.807, 2.05) is 0 Å². The van der Waals surface area contributed by atoms with Crippen molar-refractivity contribution in [1.29, 1.82) is 10.5 Å². The summed E-state index contributed by atoms with van der Waals surface area (Å²) in [4.78, 5) is 2.84. The standard InChI is InChI=1S/C16H13FN4O2/c1-9-6-22-16(23-9)15(8-19)12(10-4-2-3-5-11(10)17)14(15,7-18)13(20)21-16/h2-5,9,12H,6H2,1H3,(H2,20,21)/p+1/t9-,12-,14-,15-,16-/m1/s1. The fraction of sp³-hybridized carbons (Fsp3) is 0.438. The first-order valence-electron chi connectivity index (χ1n) is 7.29. The highest BCUT2D eigenvalue weighted by Crippen LogP contribution is 2.79. The quantitative estimate of drug-likeness (QED) is 0.726. The molecule has 116 valence electrons. The highest BCUT2D eigenvalue weighted by Gasteiger charge is 2.98. The Morgan fingerprint density at radius 3 is 2.65 bits per heavy atom. The predicted octanol–water partition coefficient (Wildman–Crippen LogP) is -0.517. The minimum absolute atomic E-state index is 0.0869. The molecule has 4 rings (SSSR count). The second kappa shape index (κ2) is 4.08. The number of amidine groups is 1. The van der Waals surface area contributed by atoms with Gasteiger partial charge in [0.05, 0.1) is 24.8 Å². The zero-order valence-electron chi connectivity index (χ0n) is 12.3. The highest BCUT2D eigenvalue weighted by atomic mass is 19.1. The van der Waals surface area contributed by atoms with Gasteiger partial charge in [0.25, 0.3) is 5.84 Å². The monoisotopic (exact) mass is 313 g/mol. The van der Waals surface area contributed by atoms with E-state index in [1.165, 1.54) is 6.07 Å². The van der Waals surface area contributed by atoms with Crippen molar-refractivity contribution in [2.24, 2.45) is 16.6 Å². The Kier molecular flexibility index (Phi) is 2.51. The summed E-state index contributed by atoms with van der Waals surface area (Å²) < 4.78 is 25.8. The molecule has 1 spiro atoms. The number of nitriles is 2. The molecule has 1 aromatic rings. The zero-order valence-corrected chi connectivity index (χ0v) is 12.3.